The third-order valence-corrected chi connectivity index (χ3v) is 3.97. The zero-order valence-electron chi connectivity index (χ0n) is 16.2. The van der Waals surface area contributed by atoms with E-state index in [1.165, 1.54) is 0 Å². The Morgan fingerprint density at radius 3 is 2.68 bits per heavy atom. The zero-order valence-corrected chi connectivity index (χ0v) is 16.2. The van der Waals surface area contributed by atoms with Gasteiger partial charge in [0.2, 0.25) is 0 Å². The Balaban J connectivity index is 1.71. The second kappa shape index (κ2) is 11.7. The highest BCUT2D eigenvalue weighted by atomic mass is 19.3. The molecule has 2 rings (SSSR count). The number of aliphatic imine (C=N–C) groups is 1. The minimum atomic E-state index is -2.85. The fourth-order valence-corrected chi connectivity index (χ4v) is 2.60. The Hall–Kier alpha value is -2.90. The Kier molecular flexibility index (Phi) is 8.97. The van der Waals surface area contributed by atoms with E-state index in [-0.39, 0.29) is 5.75 Å². The zero-order chi connectivity index (χ0) is 20.2. The number of nitrogens with one attached hydrogen (secondary N) is 3. The second-order valence-corrected chi connectivity index (χ2v) is 6.19. The number of alkyl halides is 2. The van der Waals surface area contributed by atoms with E-state index in [0.717, 1.165) is 37.3 Å². The standard InChI is InChI=1S/C20H27F2N5O/c1-15-8-9-17(28-19(21)22)16(13-15)14-27-20(23-2)26-12-6-5-11-25-18-7-3-4-10-24-18/h3-4,7-10,13,19H,5-6,11-12,14H2,1-2H3,(H,24,25)(H2,23,26,27). The van der Waals surface area contributed by atoms with E-state index in [9.17, 15) is 8.78 Å². The lowest BCUT2D eigenvalue weighted by Crippen LogP contribution is -2.37. The Labute approximate surface area is 164 Å². The first-order valence-corrected chi connectivity index (χ1v) is 9.22. The molecule has 0 aliphatic rings. The van der Waals surface area contributed by atoms with Crippen molar-refractivity contribution < 1.29 is 13.5 Å². The molecule has 0 atom stereocenters. The second-order valence-electron chi connectivity index (χ2n) is 6.19. The van der Waals surface area contributed by atoms with Gasteiger partial charge in [0.05, 0.1) is 0 Å². The predicted octanol–water partition coefficient (Wildman–Crippen LogP) is 3.55. The maximum Gasteiger partial charge on any atom is 0.387 e. The van der Waals surface area contributed by atoms with Crippen molar-refractivity contribution in [1.29, 1.82) is 0 Å². The summed E-state index contributed by atoms with van der Waals surface area (Å²) >= 11 is 0. The van der Waals surface area contributed by atoms with E-state index in [2.05, 4.69) is 30.7 Å². The number of rotatable bonds is 10. The number of benzene rings is 1. The minimum absolute atomic E-state index is 0.171. The molecule has 0 saturated carbocycles. The lowest BCUT2D eigenvalue weighted by atomic mass is 10.1. The van der Waals surface area contributed by atoms with Crippen molar-refractivity contribution >= 4 is 11.8 Å². The molecule has 8 heteroatoms. The number of guanidine groups is 1. The van der Waals surface area contributed by atoms with Crippen LogP contribution in [0.25, 0.3) is 0 Å². The molecular weight excluding hydrogens is 364 g/mol. The summed E-state index contributed by atoms with van der Waals surface area (Å²) in [6.07, 6.45) is 3.68. The fraction of sp³-hybridized carbons (Fsp3) is 0.400. The molecule has 1 aromatic heterocycles. The first-order chi connectivity index (χ1) is 13.6. The molecular formula is C20H27F2N5O. The largest absolute Gasteiger partial charge is 0.434 e. The van der Waals surface area contributed by atoms with Crippen molar-refractivity contribution in [3.05, 3.63) is 53.7 Å². The van der Waals surface area contributed by atoms with Crippen molar-refractivity contribution in [2.75, 3.05) is 25.5 Å². The SMILES string of the molecule is CN=C(NCCCCNc1ccccn1)NCc1cc(C)ccc1OC(F)F. The summed E-state index contributed by atoms with van der Waals surface area (Å²) in [5.41, 5.74) is 1.63. The van der Waals surface area contributed by atoms with Crippen LogP contribution in [0.4, 0.5) is 14.6 Å². The summed E-state index contributed by atoms with van der Waals surface area (Å²) in [4.78, 5) is 8.37. The van der Waals surface area contributed by atoms with Gasteiger partial charge in [-0.3, -0.25) is 4.99 Å². The maximum absolute atomic E-state index is 12.6. The fourth-order valence-electron chi connectivity index (χ4n) is 2.60. The van der Waals surface area contributed by atoms with Crippen LogP contribution in [0.5, 0.6) is 5.75 Å². The maximum atomic E-state index is 12.6. The van der Waals surface area contributed by atoms with Crippen LogP contribution in [0, 0.1) is 6.92 Å². The van der Waals surface area contributed by atoms with Gasteiger partial charge in [0.25, 0.3) is 0 Å². The van der Waals surface area contributed by atoms with Crippen LogP contribution in [0.2, 0.25) is 0 Å². The van der Waals surface area contributed by atoms with Crippen molar-refractivity contribution in [2.45, 2.75) is 32.9 Å². The van der Waals surface area contributed by atoms with Crippen LogP contribution in [0.15, 0.2) is 47.6 Å². The topological polar surface area (TPSA) is 70.6 Å². The summed E-state index contributed by atoms with van der Waals surface area (Å²) in [6.45, 7) is 0.977. The highest BCUT2D eigenvalue weighted by Crippen LogP contribution is 2.21. The normalized spacial score (nSPS) is 11.4. The monoisotopic (exact) mass is 391 g/mol. The number of halogens is 2. The molecule has 0 radical (unpaired) electrons. The molecule has 0 aliphatic heterocycles. The van der Waals surface area contributed by atoms with E-state index >= 15 is 0 Å². The molecule has 0 unspecified atom stereocenters. The van der Waals surface area contributed by atoms with Gasteiger partial charge in [0, 0.05) is 38.4 Å². The lowest BCUT2D eigenvalue weighted by Gasteiger charge is -2.15. The summed E-state index contributed by atoms with van der Waals surface area (Å²) in [5.74, 6) is 1.65. The van der Waals surface area contributed by atoms with E-state index in [4.69, 9.17) is 0 Å². The number of hydrogen-bond donors (Lipinski definition) is 3. The predicted molar refractivity (Wildman–Crippen MR) is 108 cm³/mol. The van der Waals surface area contributed by atoms with Gasteiger partial charge >= 0.3 is 6.61 Å². The summed E-state index contributed by atoms with van der Waals surface area (Å²) in [7, 11) is 1.67. The molecule has 0 saturated heterocycles. The van der Waals surface area contributed by atoms with Crippen molar-refractivity contribution in [2.24, 2.45) is 4.99 Å². The van der Waals surface area contributed by atoms with Gasteiger partial charge < -0.3 is 20.7 Å². The van der Waals surface area contributed by atoms with E-state index in [0.29, 0.717) is 18.1 Å². The molecule has 0 amide bonds. The molecule has 1 aromatic carbocycles. The van der Waals surface area contributed by atoms with E-state index in [1.807, 2.05) is 31.2 Å². The molecule has 0 fully saturated rings. The molecule has 28 heavy (non-hydrogen) atoms. The molecule has 152 valence electrons. The van der Waals surface area contributed by atoms with Crippen molar-refractivity contribution in [1.82, 2.24) is 15.6 Å². The number of pyridine rings is 1. The Morgan fingerprint density at radius 1 is 1.14 bits per heavy atom. The summed E-state index contributed by atoms with van der Waals surface area (Å²) in [6, 6.07) is 10.9. The summed E-state index contributed by atoms with van der Waals surface area (Å²) in [5, 5.41) is 9.61. The van der Waals surface area contributed by atoms with E-state index in [1.54, 1.807) is 25.4 Å². The van der Waals surface area contributed by atoms with Crippen molar-refractivity contribution in [3.63, 3.8) is 0 Å². The average Bonchev–Trinajstić information content (AvgIpc) is 2.69. The third kappa shape index (κ3) is 7.77. The lowest BCUT2D eigenvalue weighted by molar-refractivity contribution is -0.0504. The first kappa shape index (κ1) is 21.4. The molecule has 2 aromatic rings. The molecule has 0 bridgehead atoms. The van der Waals surface area contributed by atoms with Crippen LogP contribution >= 0.6 is 0 Å². The molecule has 6 nitrogen and oxygen atoms in total. The van der Waals surface area contributed by atoms with Crippen LogP contribution in [-0.2, 0) is 6.54 Å². The highest BCUT2D eigenvalue weighted by molar-refractivity contribution is 5.79. The van der Waals surface area contributed by atoms with Gasteiger partial charge in [0.15, 0.2) is 5.96 Å². The number of ether oxygens (including phenoxy) is 1. The minimum Gasteiger partial charge on any atom is -0.434 e. The van der Waals surface area contributed by atoms with Gasteiger partial charge in [-0.2, -0.15) is 8.78 Å². The van der Waals surface area contributed by atoms with Gasteiger partial charge in [-0.1, -0.05) is 23.8 Å². The molecule has 3 N–H and O–H groups in total. The third-order valence-electron chi connectivity index (χ3n) is 3.97. The number of unbranched alkanes of at least 4 members (excludes halogenated alkanes) is 1. The molecule has 0 spiro atoms. The van der Waals surface area contributed by atoms with Gasteiger partial charge in [-0.15, -0.1) is 0 Å². The number of hydrogen-bond acceptors (Lipinski definition) is 4. The Bertz CT molecular complexity index is 741. The number of aryl methyl sites for hydroxylation is 1. The van der Waals surface area contributed by atoms with E-state index < -0.39 is 6.61 Å². The van der Waals surface area contributed by atoms with Gasteiger partial charge in [0.1, 0.15) is 11.6 Å². The molecule has 0 aliphatic carbocycles. The number of nitrogens with zero attached hydrogens (tertiary/aromatic N) is 2. The Morgan fingerprint density at radius 2 is 1.96 bits per heavy atom. The van der Waals surface area contributed by atoms with Crippen molar-refractivity contribution in [3.8, 4) is 5.75 Å². The van der Waals surface area contributed by atoms with Crippen LogP contribution in [0.1, 0.15) is 24.0 Å². The highest BCUT2D eigenvalue weighted by Gasteiger charge is 2.10. The van der Waals surface area contributed by atoms with Crippen LogP contribution in [-0.4, -0.2) is 37.7 Å². The quantitative estimate of drug-likeness (QED) is 0.328. The number of anilines is 1. The number of aromatic nitrogens is 1. The van der Waals surface area contributed by atoms with Gasteiger partial charge in [-0.25, -0.2) is 4.98 Å². The molecule has 1 heterocycles. The summed E-state index contributed by atoms with van der Waals surface area (Å²) < 4.78 is 29.7. The van der Waals surface area contributed by atoms with Crippen LogP contribution < -0.4 is 20.7 Å². The first-order valence-electron chi connectivity index (χ1n) is 9.22. The van der Waals surface area contributed by atoms with Gasteiger partial charge in [-0.05, 0) is 38.0 Å². The average molecular weight is 391 g/mol. The van der Waals surface area contributed by atoms with Crippen LogP contribution in [0.3, 0.4) is 0 Å². The smallest absolute Gasteiger partial charge is 0.387 e.